The van der Waals surface area contributed by atoms with E-state index in [4.69, 9.17) is 0 Å². The van der Waals surface area contributed by atoms with Crippen molar-refractivity contribution in [3.63, 3.8) is 0 Å². The van der Waals surface area contributed by atoms with Gasteiger partial charge in [-0.2, -0.15) is 0 Å². The zero-order valence-electron chi connectivity index (χ0n) is 7.15. The first-order valence-electron chi connectivity index (χ1n) is 4.00. The monoisotopic (exact) mass is 363 g/mol. The van der Waals surface area contributed by atoms with Gasteiger partial charge in [0.15, 0.2) is 3.92 Å². The predicted molar refractivity (Wildman–Crippen MR) is 69.6 cm³/mol. The highest BCUT2D eigenvalue weighted by atomic mass is 79.9. The smallest absolute Gasteiger partial charge is 0.213 e. The van der Waals surface area contributed by atoms with Crippen LogP contribution in [-0.2, 0) is 0 Å². The summed E-state index contributed by atoms with van der Waals surface area (Å²) in [5.41, 5.74) is 0.969. The van der Waals surface area contributed by atoms with Crippen LogP contribution in [0.5, 0.6) is 0 Å². The average molecular weight is 365 g/mol. The Hall–Kier alpha value is -0.240. The Bertz CT molecular complexity index is 593. The van der Waals surface area contributed by atoms with E-state index in [1.54, 1.807) is 15.9 Å². The molecule has 0 saturated heterocycles. The highest BCUT2D eigenvalue weighted by Gasteiger charge is 2.09. The van der Waals surface area contributed by atoms with E-state index < -0.39 is 0 Å². The molecule has 0 N–H and O–H groups in total. The van der Waals surface area contributed by atoms with Crippen LogP contribution < -0.4 is 0 Å². The molecule has 3 aromatic heterocycles. The fourth-order valence-electron chi connectivity index (χ4n) is 1.25. The lowest BCUT2D eigenvalue weighted by molar-refractivity contribution is 0.959. The van der Waals surface area contributed by atoms with Crippen LogP contribution in [0.4, 0.5) is 0 Å². The molecule has 0 radical (unpaired) electrons. The minimum atomic E-state index is 0.851. The maximum absolute atomic E-state index is 4.50. The molecule has 76 valence electrons. The number of imidazole rings is 1. The summed E-state index contributed by atoms with van der Waals surface area (Å²) in [6.07, 6.45) is 1.94. The van der Waals surface area contributed by atoms with Gasteiger partial charge in [-0.05, 0) is 44.0 Å². The molecule has 3 aromatic rings. The molecule has 0 bridgehead atoms. The normalized spacial score (nSPS) is 11.3. The summed E-state index contributed by atoms with van der Waals surface area (Å²) in [5, 5.41) is 4.25. The molecule has 0 spiro atoms. The number of rotatable bonds is 1. The fourth-order valence-corrected chi connectivity index (χ4v) is 3.80. The largest absolute Gasteiger partial charge is 0.217 e. The van der Waals surface area contributed by atoms with Crippen molar-refractivity contribution in [1.82, 2.24) is 14.6 Å². The van der Waals surface area contributed by atoms with E-state index in [1.807, 2.05) is 12.3 Å². The van der Waals surface area contributed by atoms with Crippen molar-refractivity contribution in [2.45, 2.75) is 0 Å². The van der Waals surface area contributed by atoms with Crippen molar-refractivity contribution in [3.8, 4) is 10.6 Å². The van der Waals surface area contributed by atoms with E-state index in [0.29, 0.717) is 0 Å². The van der Waals surface area contributed by atoms with Crippen molar-refractivity contribution < 1.29 is 0 Å². The molecule has 0 saturated carbocycles. The summed E-state index contributed by atoms with van der Waals surface area (Å²) in [7, 11) is 0. The lowest BCUT2D eigenvalue weighted by atomic mass is 10.4. The molecule has 0 aliphatic rings. The van der Waals surface area contributed by atoms with Gasteiger partial charge in [-0.1, -0.05) is 11.3 Å². The molecule has 0 aromatic carbocycles. The van der Waals surface area contributed by atoms with Gasteiger partial charge in [0.1, 0.15) is 5.69 Å². The fraction of sp³-hybridized carbons (Fsp3) is 0. The van der Waals surface area contributed by atoms with Gasteiger partial charge in [0, 0.05) is 0 Å². The summed E-state index contributed by atoms with van der Waals surface area (Å²) in [5.74, 6) is 0. The third-order valence-corrected chi connectivity index (χ3v) is 4.85. The van der Waals surface area contributed by atoms with Gasteiger partial charge in [0.05, 0.1) is 14.9 Å². The van der Waals surface area contributed by atoms with E-state index in [-0.39, 0.29) is 0 Å². The van der Waals surface area contributed by atoms with Crippen molar-refractivity contribution in [2.24, 2.45) is 0 Å². The Morgan fingerprint density at radius 1 is 1.20 bits per heavy atom. The molecule has 0 amide bonds. The topological polar surface area (TPSA) is 30.2 Å². The molecular formula is C8H3Br2N3S2. The van der Waals surface area contributed by atoms with Gasteiger partial charge in [0.2, 0.25) is 4.96 Å². The van der Waals surface area contributed by atoms with Crippen LogP contribution >= 0.6 is 54.5 Å². The number of fused-ring (bicyclic) bond motifs is 1. The molecule has 7 heteroatoms. The number of hydrogen-bond acceptors (Lipinski definition) is 4. The molecule has 0 aliphatic carbocycles. The molecule has 0 fully saturated rings. The van der Waals surface area contributed by atoms with Crippen LogP contribution in [0, 0.1) is 0 Å². The Kier molecular flexibility index (Phi) is 2.42. The van der Waals surface area contributed by atoms with Gasteiger partial charge in [0.25, 0.3) is 0 Å². The molecule has 0 aliphatic heterocycles. The summed E-state index contributed by atoms with van der Waals surface area (Å²) >= 11 is 9.96. The van der Waals surface area contributed by atoms with Gasteiger partial charge in [-0.15, -0.1) is 16.4 Å². The van der Waals surface area contributed by atoms with E-state index >= 15 is 0 Å². The lowest BCUT2D eigenvalue weighted by Gasteiger charge is -1.85. The molecular weight excluding hydrogens is 362 g/mol. The Morgan fingerprint density at radius 3 is 2.73 bits per heavy atom. The number of nitrogens with zero attached hydrogens (tertiary/aromatic N) is 3. The third kappa shape index (κ3) is 1.77. The number of halogens is 2. The second-order valence-corrected chi connectivity index (χ2v) is 7.51. The van der Waals surface area contributed by atoms with Crippen molar-refractivity contribution in [2.75, 3.05) is 0 Å². The summed E-state index contributed by atoms with van der Waals surface area (Å²) in [4.78, 5) is 6.55. The van der Waals surface area contributed by atoms with E-state index in [0.717, 1.165) is 23.2 Å². The van der Waals surface area contributed by atoms with Gasteiger partial charge < -0.3 is 0 Å². The summed E-state index contributed by atoms with van der Waals surface area (Å²) in [6.45, 7) is 0. The second-order valence-electron chi connectivity index (χ2n) is 2.81. The van der Waals surface area contributed by atoms with Gasteiger partial charge >= 0.3 is 0 Å². The quantitative estimate of drug-likeness (QED) is 0.652. The molecule has 0 unspecified atom stereocenters. The van der Waals surface area contributed by atoms with Crippen molar-refractivity contribution >= 4 is 59.5 Å². The first-order chi connectivity index (χ1) is 7.22. The van der Waals surface area contributed by atoms with Crippen LogP contribution in [0.2, 0.25) is 0 Å². The van der Waals surface area contributed by atoms with Crippen molar-refractivity contribution in [3.05, 3.63) is 26.0 Å². The maximum atomic E-state index is 4.50. The van der Waals surface area contributed by atoms with Crippen LogP contribution in [0.3, 0.4) is 0 Å². The maximum Gasteiger partial charge on any atom is 0.213 e. The van der Waals surface area contributed by atoms with Crippen LogP contribution in [0.1, 0.15) is 0 Å². The van der Waals surface area contributed by atoms with Gasteiger partial charge in [-0.25, -0.2) is 9.50 Å². The van der Waals surface area contributed by atoms with Crippen molar-refractivity contribution in [1.29, 1.82) is 0 Å². The van der Waals surface area contributed by atoms with Crippen LogP contribution in [0.15, 0.2) is 26.0 Å². The van der Waals surface area contributed by atoms with Crippen LogP contribution in [-0.4, -0.2) is 14.6 Å². The predicted octanol–water partition coefficient (Wildman–Crippen LogP) is 4.04. The highest BCUT2D eigenvalue weighted by Crippen LogP contribution is 2.31. The number of hydrogen-bond donors (Lipinski definition) is 0. The second kappa shape index (κ2) is 3.65. The van der Waals surface area contributed by atoms with Gasteiger partial charge in [-0.3, -0.25) is 0 Å². The first-order valence-corrected chi connectivity index (χ1v) is 7.22. The Morgan fingerprint density at radius 2 is 2.07 bits per heavy atom. The average Bonchev–Trinajstić information content (AvgIpc) is 2.78. The zero-order chi connectivity index (χ0) is 10.4. The lowest BCUT2D eigenvalue weighted by Crippen LogP contribution is -1.77. The number of thiophene rings is 1. The Balaban J connectivity index is 2.15. The molecule has 3 nitrogen and oxygen atoms in total. The summed E-state index contributed by atoms with van der Waals surface area (Å²) < 4.78 is 3.75. The summed E-state index contributed by atoms with van der Waals surface area (Å²) in [6, 6.07) is 4.08. The zero-order valence-corrected chi connectivity index (χ0v) is 12.0. The molecule has 0 atom stereocenters. The number of aromatic nitrogens is 3. The van der Waals surface area contributed by atoms with E-state index in [9.17, 15) is 0 Å². The first kappa shape index (κ1) is 9.95. The minimum absolute atomic E-state index is 0.851. The van der Waals surface area contributed by atoms with E-state index in [1.165, 1.54) is 11.3 Å². The standard InChI is InChI=1S/C8H3Br2N3S2/c9-6-2-1-5(14-6)4-3-13-8(11-4)15-7(10)12-13/h1-3H. The molecule has 15 heavy (non-hydrogen) atoms. The van der Waals surface area contributed by atoms with E-state index in [2.05, 4.69) is 48.0 Å². The third-order valence-electron chi connectivity index (χ3n) is 1.84. The molecule has 3 rings (SSSR count). The van der Waals surface area contributed by atoms with Crippen LogP contribution in [0.25, 0.3) is 15.5 Å². The highest BCUT2D eigenvalue weighted by molar-refractivity contribution is 9.11. The SMILES string of the molecule is Brc1ccc(-c2cn3nc(Br)sc3n2)s1. The Labute approximate surface area is 110 Å². The molecule has 3 heterocycles. The minimum Gasteiger partial charge on any atom is -0.217 e.